The second kappa shape index (κ2) is 6.20. The molecule has 124 valence electrons. The molecule has 1 amide bonds. The molecule has 0 radical (unpaired) electrons. The van der Waals surface area contributed by atoms with Crippen LogP contribution in [0.2, 0.25) is 0 Å². The molecule has 1 aromatic heterocycles. The van der Waals surface area contributed by atoms with Crippen molar-refractivity contribution >= 4 is 11.9 Å². The average molecular weight is 323 g/mol. The fraction of sp³-hybridized carbons (Fsp3) is 0.389. The van der Waals surface area contributed by atoms with Gasteiger partial charge in [0.15, 0.2) is 0 Å². The highest BCUT2D eigenvalue weighted by Crippen LogP contribution is 2.28. The molecule has 6 heteroatoms. The van der Waals surface area contributed by atoms with Crippen molar-refractivity contribution in [1.29, 1.82) is 0 Å². The Balaban J connectivity index is 1.73. The fourth-order valence-corrected chi connectivity index (χ4v) is 3.50. The maximum atomic E-state index is 12.2. The topological polar surface area (TPSA) is 92.9 Å². The van der Waals surface area contributed by atoms with E-state index in [0.29, 0.717) is 23.8 Å². The minimum atomic E-state index is -0.107. The summed E-state index contributed by atoms with van der Waals surface area (Å²) in [4.78, 5) is 21.4. The number of nitrogens with two attached hydrogens (primary N) is 1. The molecule has 1 fully saturated rings. The number of carbonyl (C=O) groups excluding carboxylic acids is 1. The smallest absolute Gasteiger partial charge is 0.255 e. The predicted molar refractivity (Wildman–Crippen MR) is 92.5 cm³/mol. The van der Waals surface area contributed by atoms with E-state index in [9.17, 15) is 4.79 Å². The zero-order chi connectivity index (χ0) is 16.5. The molecule has 0 saturated heterocycles. The van der Waals surface area contributed by atoms with Crippen LogP contribution in [0.25, 0.3) is 11.3 Å². The van der Waals surface area contributed by atoms with Crippen LogP contribution in [-0.2, 0) is 6.54 Å². The quantitative estimate of drug-likeness (QED) is 0.804. The summed E-state index contributed by atoms with van der Waals surface area (Å²) in [6, 6.07) is 10.1. The van der Waals surface area contributed by atoms with Crippen LogP contribution < -0.4 is 16.4 Å². The van der Waals surface area contributed by atoms with Crippen LogP contribution in [0.1, 0.15) is 41.7 Å². The molecule has 6 nitrogen and oxygen atoms in total. The maximum absolute atomic E-state index is 12.2. The van der Waals surface area contributed by atoms with Gasteiger partial charge in [0.2, 0.25) is 5.95 Å². The van der Waals surface area contributed by atoms with Crippen molar-refractivity contribution in [2.24, 2.45) is 5.73 Å². The Labute approximate surface area is 140 Å². The Hall–Kier alpha value is -2.47. The van der Waals surface area contributed by atoms with E-state index >= 15 is 0 Å². The number of carbonyl (C=O) groups is 1. The zero-order valence-corrected chi connectivity index (χ0v) is 13.5. The Bertz CT molecular complexity index is 762. The first-order valence-corrected chi connectivity index (χ1v) is 8.49. The summed E-state index contributed by atoms with van der Waals surface area (Å²) < 4.78 is 0. The van der Waals surface area contributed by atoms with E-state index in [2.05, 4.69) is 20.6 Å². The summed E-state index contributed by atoms with van der Waals surface area (Å²) in [6.07, 6.45) is 4.40. The lowest BCUT2D eigenvalue weighted by molar-refractivity contribution is 0.0966. The van der Waals surface area contributed by atoms with E-state index in [0.717, 1.165) is 24.1 Å². The van der Waals surface area contributed by atoms with Gasteiger partial charge in [-0.3, -0.25) is 4.79 Å². The first-order chi connectivity index (χ1) is 11.7. The molecule has 24 heavy (non-hydrogen) atoms. The highest BCUT2D eigenvalue weighted by molar-refractivity contribution is 6.03. The van der Waals surface area contributed by atoms with Gasteiger partial charge < -0.3 is 16.4 Å². The lowest BCUT2D eigenvalue weighted by Crippen LogP contribution is -2.43. The van der Waals surface area contributed by atoms with E-state index in [4.69, 9.17) is 5.73 Å². The molecule has 0 unspecified atom stereocenters. The number of aromatic nitrogens is 2. The number of nitrogens with zero attached hydrogens (tertiary/aromatic N) is 2. The van der Waals surface area contributed by atoms with Crippen molar-refractivity contribution in [3.63, 3.8) is 0 Å². The molecular formula is C18H21N5O. The number of amides is 1. The molecule has 4 rings (SSSR count). The molecule has 1 aliphatic heterocycles. The second-order valence-electron chi connectivity index (χ2n) is 6.47. The Kier molecular flexibility index (Phi) is 3.90. The van der Waals surface area contributed by atoms with Crippen molar-refractivity contribution in [3.8, 4) is 11.3 Å². The highest BCUT2D eigenvalue weighted by atomic mass is 16.1. The molecule has 2 aliphatic rings. The first kappa shape index (κ1) is 15.1. The summed E-state index contributed by atoms with van der Waals surface area (Å²) in [7, 11) is 0. The lowest BCUT2D eigenvalue weighted by atomic mass is 9.91. The third-order valence-corrected chi connectivity index (χ3v) is 4.81. The van der Waals surface area contributed by atoms with Gasteiger partial charge in [0, 0.05) is 17.6 Å². The Morgan fingerprint density at radius 1 is 1.12 bits per heavy atom. The number of hydrogen-bond acceptors (Lipinski definition) is 5. The van der Waals surface area contributed by atoms with E-state index in [1.165, 1.54) is 12.8 Å². The van der Waals surface area contributed by atoms with E-state index in [1.54, 1.807) is 0 Å². The Morgan fingerprint density at radius 3 is 2.71 bits per heavy atom. The molecule has 1 aromatic carbocycles. The van der Waals surface area contributed by atoms with Gasteiger partial charge in [0.05, 0.1) is 23.5 Å². The number of benzene rings is 1. The van der Waals surface area contributed by atoms with Gasteiger partial charge in [0.25, 0.3) is 5.91 Å². The van der Waals surface area contributed by atoms with Crippen LogP contribution in [0.3, 0.4) is 0 Å². The largest absolute Gasteiger partial charge is 0.350 e. The molecule has 2 heterocycles. The van der Waals surface area contributed by atoms with Crippen molar-refractivity contribution in [2.75, 3.05) is 5.32 Å². The third-order valence-electron chi connectivity index (χ3n) is 4.81. The maximum Gasteiger partial charge on any atom is 0.255 e. The SMILES string of the molecule is N[C@H]1CCCC[C@H]1Nc1nc2c(c(-c3ccccc3)n1)C(=O)NC2. The summed E-state index contributed by atoms with van der Waals surface area (Å²) in [5, 5.41) is 6.24. The molecule has 0 bridgehead atoms. The number of anilines is 1. The lowest BCUT2D eigenvalue weighted by Gasteiger charge is -2.29. The van der Waals surface area contributed by atoms with Crippen LogP contribution in [0.4, 0.5) is 5.95 Å². The summed E-state index contributed by atoms with van der Waals surface area (Å²) >= 11 is 0. The number of rotatable bonds is 3. The zero-order valence-electron chi connectivity index (χ0n) is 13.5. The van der Waals surface area contributed by atoms with Crippen molar-refractivity contribution in [1.82, 2.24) is 15.3 Å². The number of nitrogens with one attached hydrogen (secondary N) is 2. The molecule has 2 atom stereocenters. The van der Waals surface area contributed by atoms with E-state index < -0.39 is 0 Å². The van der Waals surface area contributed by atoms with Crippen molar-refractivity contribution < 1.29 is 4.79 Å². The van der Waals surface area contributed by atoms with Gasteiger partial charge in [-0.1, -0.05) is 43.2 Å². The summed E-state index contributed by atoms with van der Waals surface area (Å²) in [6.45, 7) is 0.446. The average Bonchev–Trinajstić information content (AvgIpc) is 2.98. The molecule has 0 spiro atoms. The van der Waals surface area contributed by atoms with Gasteiger partial charge in [-0.15, -0.1) is 0 Å². The summed E-state index contributed by atoms with van der Waals surface area (Å²) in [5.74, 6) is 0.455. The molecule has 1 aliphatic carbocycles. The second-order valence-corrected chi connectivity index (χ2v) is 6.47. The fourth-order valence-electron chi connectivity index (χ4n) is 3.50. The third kappa shape index (κ3) is 2.73. The van der Waals surface area contributed by atoms with Crippen molar-refractivity contribution in [2.45, 2.75) is 44.3 Å². The summed E-state index contributed by atoms with van der Waals surface area (Å²) in [5.41, 5.74) is 9.16. The van der Waals surface area contributed by atoms with Crippen LogP contribution in [0.5, 0.6) is 0 Å². The minimum Gasteiger partial charge on any atom is -0.350 e. The minimum absolute atomic E-state index is 0.107. The van der Waals surface area contributed by atoms with Gasteiger partial charge in [0.1, 0.15) is 0 Å². The normalized spacial score (nSPS) is 22.8. The van der Waals surface area contributed by atoms with Crippen LogP contribution in [0.15, 0.2) is 30.3 Å². The van der Waals surface area contributed by atoms with Crippen LogP contribution >= 0.6 is 0 Å². The number of fused-ring (bicyclic) bond motifs is 1. The molecule has 4 N–H and O–H groups in total. The molecule has 1 saturated carbocycles. The van der Waals surface area contributed by atoms with E-state index in [1.807, 2.05) is 30.3 Å². The van der Waals surface area contributed by atoms with Crippen molar-refractivity contribution in [3.05, 3.63) is 41.6 Å². The highest BCUT2D eigenvalue weighted by Gasteiger charge is 2.28. The van der Waals surface area contributed by atoms with Gasteiger partial charge >= 0.3 is 0 Å². The first-order valence-electron chi connectivity index (χ1n) is 8.49. The van der Waals surface area contributed by atoms with Gasteiger partial charge in [-0.25, -0.2) is 9.97 Å². The molecule has 2 aromatic rings. The van der Waals surface area contributed by atoms with Gasteiger partial charge in [-0.2, -0.15) is 0 Å². The van der Waals surface area contributed by atoms with Gasteiger partial charge in [-0.05, 0) is 12.8 Å². The van der Waals surface area contributed by atoms with Crippen LogP contribution in [0, 0.1) is 0 Å². The number of hydrogen-bond donors (Lipinski definition) is 3. The van der Waals surface area contributed by atoms with Crippen LogP contribution in [-0.4, -0.2) is 28.0 Å². The predicted octanol–water partition coefficient (Wildman–Crippen LogP) is 2.07. The molecular weight excluding hydrogens is 302 g/mol. The van der Waals surface area contributed by atoms with E-state index in [-0.39, 0.29) is 18.0 Å². The standard InChI is InChI=1S/C18H21N5O/c19-12-8-4-5-9-13(12)21-18-22-14-10-20-17(24)15(14)16(23-18)11-6-2-1-3-7-11/h1-3,6-7,12-13H,4-5,8-10,19H2,(H,20,24)(H,21,22,23)/t12-,13+/m0/s1. The monoisotopic (exact) mass is 323 g/mol. The Morgan fingerprint density at radius 2 is 1.92 bits per heavy atom.